The molecule has 1 N–H and O–H groups in total. The summed E-state index contributed by atoms with van der Waals surface area (Å²) < 4.78 is 5.23. The van der Waals surface area contributed by atoms with Gasteiger partial charge in [-0.05, 0) is 55.9 Å². The van der Waals surface area contributed by atoms with Crippen LogP contribution in [-0.2, 0) is 4.79 Å². The topological polar surface area (TPSA) is 53.0 Å². The van der Waals surface area contributed by atoms with Crippen LogP contribution in [0.3, 0.4) is 0 Å². The fraction of sp³-hybridized carbons (Fsp3) is 0.409. The van der Waals surface area contributed by atoms with E-state index >= 15 is 0 Å². The third-order valence-corrected chi connectivity index (χ3v) is 6.63. The Morgan fingerprint density at radius 1 is 1.20 bits per heavy atom. The highest BCUT2D eigenvalue weighted by molar-refractivity contribution is 8.93. The van der Waals surface area contributed by atoms with Gasteiger partial charge < -0.3 is 19.6 Å². The van der Waals surface area contributed by atoms with Gasteiger partial charge in [-0.2, -0.15) is 0 Å². The van der Waals surface area contributed by atoms with Crippen molar-refractivity contribution in [3.63, 3.8) is 0 Å². The van der Waals surface area contributed by atoms with Crippen LogP contribution >= 0.6 is 40.3 Å². The molecule has 0 saturated heterocycles. The van der Waals surface area contributed by atoms with Crippen LogP contribution in [0.1, 0.15) is 24.2 Å². The van der Waals surface area contributed by atoms with E-state index < -0.39 is 11.4 Å². The van der Waals surface area contributed by atoms with Crippen molar-refractivity contribution in [2.75, 3.05) is 38.7 Å². The number of benzene rings is 2. The minimum atomic E-state index is -1.16. The van der Waals surface area contributed by atoms with Crippen LogP contribution in [0, 0.1) is 0 Å². The Labute approximate surface area is 198 Å². The van der Waals surface area contributed by atoms with Gasteiger partial charge in [0.15, 0.2) is 0 Å². The van der Waals surface area contributed by atoms with Gasteiger partial charge in [-0.15, -0.1) is 28.7 Å². The predicted molar refractivity (Wildman–Crippen MR) is 130 cm³/mol. The summed E-state index contributed by atoms with van der Waals surface area (Å²) in [5.74, 6) is 0.446. The lowest BCUT2D eigenvalue weighted by Gasteiger charge is -2.27. The first kappa shape index (κ1) is 25.0. The number of fused-ring (bicyclic) bond motifs is 1. The Hall–Kier alpha value is -1.25. The van der Waals surface area contributed by atoms with E-state index in [0.717, 1.165) is 41.4 Å². The number of nitrogens with zero attached hydrogens (tertiary/aromatic N) is 2. The van der Waals surface area contributed by atoms with Gasteiger partial charge in [0.1, 0.15) is 11.9 Å². The maximum absolute atomic E-state index is 13.3. The molecule has 1 aliphatic heterocycles. The van der Waals surface area contributed by atoms with Crippen LogP contribution in [0.2, 0.25) is 5.02 Å². The lowest BCUT2D eigenvalue weighted by Crippen LogP contribution is -2.43. The molecule has 0 saturated carbocycles. The van der Waals surface area contributed by atoms with E-state index in [4.69, 9.17) is 16.3 Å². The standard InChI is InChI=1S/C22H27ClN2O3S.BrH/c1-4-11-24(2)12-13-25-18-10-7-16(23)14-19(18)29-21(20(26)22(25)27)15-5-8-17(28-3)9-6-15;/h5-10,14,20-21,26H,4,11-13H2,1-3H3;1H/t20-,21+;/m0./s1. The van der Waals surface area contributed by atoms with Gasteiger partial charge in [0.05, 0.1) is 18.0 Å². The lowest BCUT2D eigenvalue weighted by atomic mass is 10.1. The number of aliphatic hydroxyl groups excluding tert-OH is 1. The monoisotopic (exact) mass is 514 g/mol. The predicted octanol–water partition coefficient (Wildman–Crippen LogP) is 4.81. The van der Waals surface area contributed by atoms with Crippen molar-refractivity contribution in [2.24, 2.45) is 0 Å². The van der Waals surface area contributed by atoms with Crippen molar-refractivity contribution in [3.05, 3.63) is 53.1 Å². The van der Waals surface area contributed by atoms with Crippen LogP contribution in [0.15, 0.2) is 47.4 Å². The van der Waals surface area contributed by atoms with Crippen molar-refractivity contribution in [1.29, 1.82) is 0 Å². The van der Waals surface area contributed by atoms with Gasteiger partial charge in [0.25, 0.3) is 5.91 Å². The first-order valence-corrected chi connectivity index (χ1v) is 11.0. The fourth-order valence-electron chi connectivity index (χ4n) is 3.45. The largest absolute Gasteiger partial charge is 0.497 e. The molecule has 1 aliphatic rings. The summed E-state index contributed by atoms with van der Waals surface area (Å²) in [6.45, 7) is 4.33. The molecule has 0 aromatic heterocycles. The first-order valence-electron chi connectivity index (χ1n) is 9.72. The van der Waals surface area contributed by atoms with E-state index in [0.29, 0.717) is 11.6 Å². The minimum Gasteiger partial charge on any atom is -0.497 e. The van der Waals surface area contributed by atoms with Gasteiger partial charge in [0.2, 0.25) is 0 Å². The van der Waals surface area contributed by atoms with E-state index in [-0.39, 0.29) is 22.9 Å². The molecule has 2 aromatic rings. The zero-order chi connectivity index (χ0) is 21.0. The molecule has 0 bridgehead atoms. The summed E-state index contributed by atoms with van der Waals surface area (Å²) in [6, 6.07) is 13.0. The molecule has 5 nitrogen and oxygen atoms in total. The van der Waals surface area contributed by atoms with Crippen molar-refractivity contribution >= 4 is 51.9 Å². The third kappa shape index (κ3) is 5.71. The molecule has 0 fully saturated rings. The minimum absolute atomic E-state index is 0. The molecule has 30 heavy (non-hydrogen) atoms. The van der Waals surface area contributed by atoms with Gasteiger partial charge >= 0.3 is 0 Å². The van der Waals surface area contributed by atoms with Crippen LogP contribution in [0.25, 0.3) is 0 Å². The van der Waals surface area contributed by atoms with Gasteiger partial charge in [-0.3, -0.25) is 4.79 Å². The molecule has 8 heteroatoms. The van der Waals surface area contributed by atoms with Crippen molar-refractivity contribution < 1.29 is 14.6 Å². The van der Waals surface area contributed by atoms with Crippen LogP contribution < -0.4 is 9.64 Å². The molecule has 0 radical (unpaired) electrons. The van der Waals surface area contributed by atoms with Gasteiger partial charge in [0, 0.05) is 23.0 Å². The van der Waals surface area contributed by atoms with Crippen LogP contribution in [0.5, 0.6) is 5.75 Å². The van der Waals surface area contributed by atoms with Crippen molar-refractivity contribution in [3.8, 4) is 5.75 Å². The van der Waals surface area contributed by atoms with Crippen LogP contribution in [-0.4, -0.2) is 55.8 Å². The zero-order valence-electron chi connectivity index (χ0n) is 17.4. The number of methoxy groups -OCH3 is 1. The molecule has 164 valence electrons. The highest BCUT2D eigenvalue weighted by Crippen LogP contribution is 2.46. The summed E-state index contributed by atoms with van der Waals surface area (Å²) in [5, 5.41) is 11.2. The second-order valence-electron chi connectivity index (χ2n) is 7.16. The Bertz CT molecular complexity index is 853. The number of carbonyl (C=O) groups is 1. The summed E-state index contributed by atoms with van der Waals surface area (Å²) in [6.07, 6.45) is -0.106. The zero-order valence-corrected chi connectivity index (χ0v) is 20.7. The quantitative estimate of drug-likeness (QED) is 0.573. The molecule has 2 atom stereocenters. The molecule has 1 amide bonds. The van der Waals surface area contributed by atoms with Crippen molar-refractivity contribution in [2.45, 2.75) is 29.6 Å². The summed E-state index contributed by atoms with van der Waals surface area (Å²) in [7, 11) is 3.65. The van der Waals surface area contributed by atoms with Crippen LogP contribution in [0.4, 0.5) is 5.69 Å². The number of likely N-dealkylation sites (N-methyl/N-ethyl adjacent to an activating group) is 1. The Kier molecular flexibility index (Phi) is 9.50. The molecular formula is C22H28BrClN2O3S. The number of thioether (sulfide) groups is 1. The third-order valence-electron chi connectivity index (χ3n) is 5.03. The number of rotatable bonds is 7. The summed E-state index contributed by atoms with van der Waals surface area (Å²) in [5.41, 5.74) is 1.66. The van der Waals surface area contributed by atoms with E-state index in [1.54, 1.807) is 18.1 Å². The van der Waals surface area contributed by atoms with E-state index in [1.165, 1.54) is 11.8 Å². The Morgan fingerprint density at radius 3 is 2.53 bits per heavy atom. The molecule has 1 heterocycles. The average Bonchev–Trinajstić information content (AvgIpc) is 2.82. The molecule has 2 aromatic carbocycles. The highest BCUT2D eigenvalue weighted by Gasteiger charge is 2.37. The first-order chi connectivity index (χ1) is 13.9. The highest BCUT2D eigenvalue weighted by atomic mass is 79.9. The maximum atomic E-state index is 13.3. The number of ether oxygens (including phenoxy) is 1. The summed E-state index contributed by atoms with van der Waals surface area (Å²) in [4.78, 5) is 18.0. The number of anilines is 1. The normalized spacial score (nSPS) is 18.6. The number of aliphatic hydroxyl groups is 1. The maximum Gasteiger partial charge on any atom is 0.257 e. The fourth-order valence-corrected chi connectivity index (χ4v) is 5.00. The average molecular weight is 516 g/mol. The number of halogens is 2. The van der Waals surface area contributed by atoms with Crippen molar-refractivity contribution in [1.82, 2.24) is 4.90 Å². The molecule has 0 aliphatic carbocycles. The molecular weight excluding hydrogens is 488 g/mol. The summed E-state index contributed by atoms with van der Waals surface area (Å²) >= 11 is 7.72. The van der Waals surface area contributed by atoms with Gasteiger partial charge in [-0.25, -0.2) is 0 Å². The smallest absolute Gasteiger partial charge is 0.257 e. The van der Waals surface area contributed by atoms with Gasteiger partial charge in [-0.1, -0.05) is 30.7 Å². The second kappa shape index (κ2) is 11.4. The molecule has 3 rings (SSSR count). The Morgan fingerprint density at radius 2 is 1.90 bits per heavy atom. The number of hydrogen-bond donors (Lipinski definition) is 1. The SMILES string of the molecule is Br.CCCN(C)CCN1C(=O)[C@@H](O)[C@@H](c2ccc(OC)cc2)Sc2cc(Cl)ccc21. The Balaban J connectivity index is 0.00000320. The molecule has 0 spiro atoms. The molecule has 0 unspecified atom stereocenters. The second-order valence-corrected chi connectivity index (χ2v) is 8.78. The van der Waals surface area contributed by atoms with E-state index in [2.05, 4.69) is 11.8 Å². The lowest BCUT2D eigenvalue weighted by molar-refractivity contribution is -0.126. The number of amides is 1. The number of hydrogen-bond acceptors (Lipinski definition) is 5. The van der Waals surface area contributed by atoms with E-state index in [1.807, 2.05) is 43.4 Å². The van der Waals surface area contributed by atoms with E-state index in [9.17, 15) is 9.90 Å². The number of carbonyl (C=O) groups excluding carboxylic acids is 1.